The predicted octanol–water partition coefficient (Wildman–Crippen LogP) is 6.87. The summed E-state index contributed by atoms with van der Waals surface area (Å²) in [7, 11) is 1.52. The Hall–Kier alpha value is -3.69. The Morgan fingerprint density at radius 3 is 1.97 bits per heavy atom. The first-order valence-electron chi connectivity index (χ1n) is 10.5. The van der Waals surface area contributed by atoms with Crippen molar-refractivity contribution in [2.45, 2.75) is 19.4 Å². The molecule has 4 aromatic carbocycles. The standard InChI is InChI=1S/C28H19F5O/c1-34-16-19-4-7-20(24(29)13-19)6-3-18-11-25(30)23(26(31)12-18)9-5-17-2-8-21-14-27(32)28(33)15-22(21)10-17/h2,4,7-8,10-15H,3,6,16H2,1H3. The molecule has 1 nitrogen and oxygen atoms in total. The number of hydrogen-bond acceptors (Lipinski definition) is 1. The molecule has 0 fully saturated rings. The van der Waals surface area contributed by atoms with Crippen molar-refractivity contribution in [3.8, 4) is 11.8 Å². The van der Waals surface area contributed by atoms with Gasteiger partial charge in [-0.1, -0.05) is 30.0 Å². The molecule has 6 heteroatoms. The number of hydrogen-bond donors (Lipinski definition) is 0. The highest BCUT2D eigenvalue weighted by molar-refractivity contribution is 5.84. The van der Waals surface area contributed by atoms with Crippen molar-refractivity contribution in [3.63, 3.8) is 0 Å². The molecule has 4 aromatic rings. The van der Waals surface area contributed by atoms with Crippen LogP contribution in [0.5, 0.6) is 0 Å². The lowest BCUT2D eigenvalue weighted by atomic mass is 10.0. The Bertz CT molecular complexity index is 1410. The maximum atomic E-state index is 14.6. The minimum absolute atomic E-state index is 0.245. The van der Waals surface area contributed by atoms with Crippen LogP contribution < -0.4 is 0 Å². The van der Waals surface area contributed by atoms with Crippen molar-refractivity contribution in [2.24, 2.45) is 0 Å². The average molecular weight is 466 g/mol. The molecule has 0 spiro atoms. The summed E-state index contributed by atoms with van der Waals surface area (Å²) in [6.45, 7) is 0.296. The molecule has 0 amide bonds. The normalized spacial score (nSPS) is 10.9. The van der Waals surface area contributed by atoms with Crippen LogP contribution in [0.25, 0.3) is 10.8 Å². The number of ether oxygens (including phenoxy) is 1. The summed E-state index contributed by atoms with van der Waals surface area (Å²) < 4.78 is 75.2. The van der Waals surface area contributed by atoms with Crippen LogP contribution in [-0.4, -0.2) is 7.11 Å². The molecule has 0 atom stereocenters. The van der Waals surface area contributed by atoms with Gasteiger partial charge < -0.3 is 4.74 Å². The number of benzene rings is 4. The highest BCUT2D eigenvalue weighted by atomic mass is 19.2. The zero-order valence-corrected chi connectivity index (χ0v) is 18.2. The van der Waals surface area contributed by atoms with E-state index in [9.17, 15) is 22.0 Å². The third-order valence-electron chi connectivity index (χ3n) is 5.42. The minimum atomic E-state index is -0.990. The fourth-order valence-electron chi connectivity index (χ4n) is 3.67. The Labute approximate surface area is 193 Å². The van der Waals surface area contributed by atoms with Crippen LogP contribution in [0.15, 0.2) is 60.7 Å². The molecule has 0 aliphatic rings. The summed E-state index contributed by atoms with van der Waals surface area (Å²) in [5.74, 6) is 1.15. The van der Waals surface area contributed by atoms with Gasteiger partial charge in [0.25, 0.3) is 0 Å². The van der Waals surface area contributed by atoms with Gasteiger partial charge in [0.2, 0.25) is 0 Å². The highest BCUT2D eigenvalue weighted by Crippen LogP contribution is 2.21. The minimum Gasteiger partial charge on any atom is -0.380 e. The maximum absolute atomic E-state index is 14.6. The van der Waals surface area contributed by atoms with Crippen molar-refractivity contribution in [1.82, 2.24) is 0 Å². The van der Waals surface area contributed by atoms with E-state index < -0.39 is 34.6 Å². The van der Waals surface area contributed by atoms with Gasteiger partial charge in [-0.05, 0) is 82.8 Å². The molecular weight excluding hydrogens is 447 g/mol. The van der Waals surface area contributed by atoms with Crippen molar-refractivity contribution >= 4 is 10.8 Å². The van der Waals surface area contributed by atoms with Crippen LogP contribution in [0, 0.1) is 40.9 Å². The molecule has 0 saturated heterocycles. The lowest BCUT2D eigenvalue weighted by Crippen LogP contribution is -2.00. The van der Waals surface area contributed by atoms with Crippen LogP contribution in [0.2, 0.25) is 0 Å². The third kappa shape index (κ3) is 5.27. The van der Waals surface area contributed by atoms with Crippen molar-refractivity contribution in [3.05, 3.63) is 118 Å². The molecule has 0 N–H and O–H groups in total. The Morgan fingerprint density at radius 2 is 1.29 bits per heavy atom. The first kappa shape index (κ1) is 23.5. The van der Waals surface area contributed by atoms with Gasteiger partial charge in [-0.2, -0.15) is 0 Å². The second-order valence-electron chi connectivity index (χ2n) is 7.87. The van der Waals surface area contributed by atoms with Crippen LogP contribution >= 0.6 is 0 Å². The van der Waals surface area contributed by atoms with Gasteiger partial charge in [-0.25, -0.2) is 22.0 Å². The van der Waals surface area contributed by atoms with Crippen LogP contribution in [0.4, 0.5) is 22.0 Å². The van der Waals surface area contributed by atoms with Gasteiger partial charge in [0.1, 0.15) is 17.5 Å². The number of methoxy groups -OCH3 is 1. The van der Waals surface area contributed by atoms with E-state index >= 15 is 0 Å². The summed E-state index contributed by atoms with van der Waals surface area (Å²) in [4.78, 5) is 0. The summed E-state index contributed by atoms with van der Waals surface area (Å²) >= 11 is 0. The van der Waals surface area contributed by atoms with Crippen molar-refractivity contribution < 1.29 is 26.7 Å². The van der Waals surface area contributed by atoms with Crippen molar-refractivity contribution in [2.75, 3.05) is 7.11 Å². The zero-order chi connectivity index (χ0) is 24.2. The van der Waals surface area contributed by atoms with E-state index in [1.54, 1.807) is 24.3 Å². The van der Waals surface area contributed by atoms with E-state index in [1.165, 1.54) is 31.4 Å². The highest BCUT2D eigenvalue weighted by Gasteiger charge is 2.11. The monoisotopic (exact) mass is 466 g/mol. The van der Waals surface area contributed by atoms with Gasteiger partial charge in [0.15, 0.2) is 11.6 Å². The molecule has 0 aliphatic heterocycles. The second kappa shape index (κ2) is 10.1. The van der Waals surface area contributed by atoms with E-state index in [0.29, 0.717) is 39.6 Å². The van der Waals surface area contributed by atoms with E-state index in [1.807, 2.05) is 0 Å². The van der Waals surface area contributed by atoms with Gasteiger partial charge in [-0.3, -0.25) is 0 Å². The topological polar surface area (TPSA) is 9.23 Å². The molecule has 172 valence electrons. The average Bonchev–Trinajstić information content (AvgIpc) is 2.79. The first-order chi connectivity index (χ1) is 16.3. The lowest BCUT2D eigenvalue weighted by molar-refractivity contribution is 0.184. The summed E-state index contributed by atoms with van der Waals surface area (Å²) in [5, 5.41) is 0.903. The zero-order valence-electron chi connectivity index (χ0n) is 18.2. The van der Waals surface area contributed by atoms with Crippen LogP contribution in [-0.2, 0) is 24.2 Å². The Morgan fingerprint density at radius 1 is 0.618 bits per heavy atom. The van der Waals surface area contributed by atoms with E-state index in [0.717, 1.165) is 12.1 Å². The quantitative estimate of drug-likeness (QED) is 0.231. The molecular formula is C28H19F5O. The molecule has 0 aromatic heterocycles. The fraction of sp³-hybridized carbons (Fsp3) is 0.143. The summed E-state index contributed by atoms with van der Waals surface area (Å²) in [6.07, 6.45) is 0.520. The molecule has 4 rings (SSSR count). The van der Waals surface area contributed by atoms with E-state index in [-0.39, 0.29) is 12.8 Å². The van der Waals surface area contributed by atoms with E-state index in [4.69, 9.17) is 4.74 Å². The van der Waals surface area contributed by atoms with Gasteiger partial charge in [-0.15, -0.1) is 0 Å². The smallest absolute Gasteiger partial charge is 0.159 e. The van der Waals surface area contributed by atoms with Gasteiger partial charge in [0, 0.05) is 12.7 Å². The van der Waals surface area contributed by atoms with E-state index in [2.05, 4.69) is 11.8 Å². The largest absolute Gasteiger partial charge is 0.380 e. The molecule has 0 bridgehead atoms. The lowest BCUT2D eigenvalue weighted by Gasteiger charge is -2.07. The van der Waals surface area contributed by atoms with Gasteiger partial charge >= 0.3 is 0 Å². The second-order valence-corrected chi connectivity index (χ2v) is 7.87. The molecule has 0 aliphatic carbocycles. The summed E-state index contributed by atoms with van der Waals surface area (Å²) in [5.41, 5.74) is 1.52. The molecule has 34 heavy (non-hydrogen) atoms. The fourth-order valence-corrected chi connectivity index (χ4v) is 3.67. The Balaban J connectivity index is 1.52. The van der Waals surface area contributed by atoms with Crippen molar-refractivity contribution in [1.29, 1.82) is 0 Å². The third-order valence-corrected chi connectivity index (χ3v) is 5.42. The summed E-state index contributed by atoms with van der Waals surface area (Å²) in [6, 6.07) is 13.9. The first-order valence-corrected chi connectivity index (χ1v) is 10.5. The maximum Gasteiger partial charge on any atom is 0.159 e. The SMILES string of the molecule is COCc1ccc(CCc2cc(F)c(C#Cc3ccc4cc(F)c(F)cc4c3)c(F)c2)c(F)c1. The number of aryl methyl sites for hydroxylation is 2. The van der Waals surface area contributed by atoms with Gasteiger partial charge in [0.05, 0.1) is 12.2 Å². The molecule has 0 unspecified atom stereocenters. The number of halogens is 5. The molecule has 0 saturated carbocycles. The number of fused-ring (bicyclic) bond motifs is 1. The predicted molar refractivity (Wildman–Crippen MR) is 121 cm³/mol. The van der Waals surface area contributed by atoms with Crippen LogP contribution in [0.1, 0.15) is 27.8 Å². The van der Waals surface area contributed by atoms with Crippen LogP contribution in [0.3, 0.4) is 0 Å². The molecule has 0 heterocycles. The number of rotatable bonds is 5. The Kier molecular flexibility index (Phi) is 6.95. The molecule has 0 radical (unpaired) electrons.